The minimum atomic E-state index is -0.407. The first kappa shape index (κ1) is 9.84. The summed E-state index contributed by atoms with van der Waals surface area (Å²) in [7, 11) is 0. The van der Waals surface area contributed by atoms with E-state index in [0.29, 0.717) is 5.82 Å². The van der Waals surface area contributed by atoms with Gasteiger partial charge >= 0.3 is 0 Å². The average Bonchev–Trinajstić information content (AvgIpc) is 2.03. The van der Waals surface area contributed by atoms with Gasteiger partial charge in [-0.3, -0.25) is 4.79 Å². The molecule has 0 fully saturated rings. The fourth-order valence-corrected chi connectivity index (χ4v) is 0.845. The van der Waals surface area contributed by atoms with Gasteiger partial charge in [-0.25, -0.2) is 9.97 Å². The zero-order chi connectivity index (χ0) is 10.1. The quantitative estimate of drug-likeness (QED) is 0.618. The molecule has 3 nitrogen and oxygen atoms in total. The molecule has 1 aromatic heterocycles. The van der Waals surface area contributed by atoms with E-state index in [-0.39, 0.29) is 5.78 Å². The van der Waals surface area contributed by atoms with Crippen molar-refractivity contribution in [1.82, 2.24) is 9.97 Å². The maximum absolute atomic E-state index is 11.7. The van der Waals surface area contributed by atoms with Crippen LogP contribution in [0.1, 0.15) is 37.0 Å². The van der Waals surface area contributed by atoms with Crippen LogP contribution in [-0.2, 0) is 0 Å². The van der Waals surface area contributed by atoms with Gasteiger partial charge in [-0.05, 0) is 12.5 Å². The SMILES string of the molecule is Cc1cnc(C(=O)C(C)(C)C)nc1. The summed E-state index contributed by atoms with van der Waals surface area (Å²) in [5.74, 6) is 0.283. The molecule has 0 bridgehead atoms. The third kappa shape index (κ3) is 2.34. The first-order chi connectivity index (χ1) is 5.91. The van der Waals surface area contributed by atoms with Crippen LogP contribution in [0.15, 0.2) is 12.4 Å². The van der Waals surface area contributed by atoms with Crippen LogP contribution in [-0.4, -0.2) is 15.8 Å². The number of hydrogen-bond donors (Lipinski definition) is 0. The second-order valence-electron chi connectivity index (χ2n) is 4.16. The highest BCUT2D eigenvalue weighted by molar-refractivity contribution is 5.96. The topological polar surface area (TPSA) is 42.9 Å². The number of rotatable bonds is 1. The average molecular weight is 178 g/mol. The Labute approximate surface area is 78.2 Å². The van der Waals surface area contributed by atoms with Crippen molar-refractivity contribution in [2.75, 3.05) is 0 Å². The zero-order valence-electron chi connectivity index (χ0n) is 8.46. The number of carbonyl (C=O) groups is 1. The monoisotopic (exact) mass is 178 g/mol. The van der Waals surface area contributed by atoms with E-state index < -0.39 is 5.41 Å². The molecule has 0 saturated heterocycles. The van der Waals surface area contributed by atoms with Gasteiger partial charge in [0.1, 0.15) is 0 Å². The summed E-state index contributed by atoms with van der Waals surface area (Å²) in [5, 5.41) is 0. The molecule has 0 amide bonds. The highest BCUT2D eigenvalue weighted by atomic mass is 16.1. The van der Waals surface area contributed by atoms with Gasteiger partial charge in [-0.15, -0.1) is 0 Å². The van der Waals surface area contributed by atoms with Crippen molar-refractivity contribution in [3.63, 3.8) is 0 Å². The molecule has 0 aromatic carbocycles. The third-order valence-corrected chi connectivity index (χ3v) is 1.67. The summed E-state index contributed by atoms with van der Waals surface area (Å²) in [6, 6.07) is 0. The van der Waals surface area contributed by atoms with Gasteiger partial charge in [0, 0.05) is 17.8 Å². The molecule has 0 radical (unpaired) electrons. The highest BCUT2D eigenvalue weighted by Gasteiger charge is 2.24. The molecule has 13 heavy (non-hydrogen) atoms. The second kappa shape index (κ2) is 3.24. The third-order valence-electron chi connectivity index (χ3n) is 1.67. The van der Waals surface area contributed by atoms with E-state index in [0.717, 1.165) is 5.56 Å². The molecule has 70 valence electrons. The predicted octanol–water partition coefficient (Wildman–Crippen LogP) is 2.01. The number of carbonyl (C=O) groups excluding carboxylic acids is 1. The number of hydrogen-bond acceptors (Lipinski definition) is 3. The van der Waals surface area contributed by atoms with Gasteiger partial charge in [0.15, 0.2) is 5.82 Å². The van der Waals surface area contributed by atoms with Crippen LogP contribution < -0.4 is 0 Å². The Balaban J connectivity index is 2.97. The number of aromatic nitrogens is 2. The van der Waals surface area contributed by atoms with Gasteiger partial charge in [0.05, 0.1) is 0 Å². The number of nitrogens with zero attached hydrogens (tertiary/aromatic N) is 2. The fraction of sp³-hybridized carbons (Fsp3) is 0.500. The van der Waals surface area contributed by atoms with Crippen molar-refractivity contribution in [2.45, 2.75) is 27.7 Å². The molecule has 1 heterocycles. The molecule has 1 rings (SSSR count). The maximum atomic E-state index is 11.7. The van der Waals surface area contributed by atoms with Crippen molar-refractivity contribution in [2.24, 2.45) is 5.41 Å². The molecule has 0 aliphatic heterocycles. The van der Waals surface area contributed by atoms with Crippen LogP contribution in [0.4, 0.5) is 0 Å². The lowest BCUT2D eigenvalue weighted by Crippen LogP contribution is -2.22. The fourth-order valence-electron chi connectivity index (χ4n) is 0.845. The van der Waals surface area contributed by atoms with E-state index in [1.807, 2.05) is 27.7 Å². The molecule has 3 heteroatoms. The lowest BCUT2D eigenvalue weighted by molar-refractivity contribution is 0.0847. The van der Waals surface area contributed by atoms with Crippen molar-refractivity contribution in [3.05, 3.63) is 23.8 Å². The Bertz CT molecular complexity index is 309. The standard InChI is InChI=1S/C10H14N2O/c1-7-5-11-9(12-6-7)8(13)10(2,3)4/h5-6H,1-4H3. The first-order valence-electron chi connectivity index (χ1n) is 4.25. The Morgan fingerprint density at radius 3 is 2.08 bits per heavy atom. The van der Waals surface area contributed by atoms with Gasteiger partial charge in [0.2, 0.25) is 5.78 Å². The normalized spacial score (nSPS) is 11.4. The van der Waals surface area contributed by atoms with Crippen molar-refractivity contribution < 1.29 is 4.79 Å². The van der Waals surface area contributed by atoms with Crippen LogP contribution in [0.25, 0.3) is 0 Å². The van der Waals surface area contributed by atoms with Crippen molar-refractivity contribution in [1.29, 1.82) is 0 Å². The summed E-state index contributed by atoms with van der Waals surface area (Å²) < 4.78 is 0. The second-order valence-corrected chi connectivity index (χ2v) is 4.16. The Morgan fingerprint density at radius 2 is 1.69 bits per heavy atom. The lowest BCUT2D eigenvalue weighted by atomic mass is 9.90. The molecule has 0 spiro atoms. The highest BCUT2D eigenvalue weighted by Crippen LogP contribution is 2.17. The van der Waals surface area contributed by atoms with Crippen LogP contribution in [0.5, 0.6) is 0 Å². The molecule has 0 unspecified atom stereocenters. The minimum absolute atomic E-state index is 0.0208. The largest absolute Gasteiger partial charge is 0.290 e. The van der Waals surface area contributed by atoms with Crippen LogP contribution in [0, 0.1) is 12.3 Å². The van der Waals surface area contributed by atoms with Crippen LogP contribution in [0.2, 0.25) is 0 Å². The number of aryl methyl sites for hydroxylation is 1. The van der Waals surface area contributed by atoms with Gasteiger partial charge in [-0.1, -0.05) is 20.8 Å². The predicted molar refractivity (Wildman–Crippen MR) is 50.6 cm³/mol. The summed E-state index contributed by atoms with van der Waals surface area (Å²) in [5.41, 5.74) is 0.556. The molecule has 0 aliphatic carbocycles. The molecule has 0 saturated carbocycles. The molecular weight excluding hydrogens is 164 g/mol. The summed E-state index contributed by atoms with van der Waals surface area (Å²) in [6.07, 6.45) is 3.32. The molecule has 0 aliphatic rings. The Kier molecular flexibility index (Phi) is 2.45. The van der Waals surface area contributed by atoms with Gasteiger partial charge < -0.3 is 0 Å². The van der Waals surface area contributed by atoms with E-state index in [2.05, 4.69) is 9.97 Å². The van der Waals surface area contributed by atoms with Gasteiger partial charge in [0.25, 0.3) is 0 Å². The Hall–Kier alpha value is -1.25. The van der Waals surface area contributed by atoms with E-state index in [1.54, 1.807) is 12.4 Å². The summed E-state index contributed by atoms with van der Waals surface area (Å²) in [4.78, 5) is 19.6. The van der Waals surface area contributed by atoms with Crippen LogP contribution in [0.3, 0.4) is 0 Å². The Morgan fingerprint density at radius 1 is 1.23 bits per heavy atom. The van der Waals surface area contributed by atoms with Crippen molar-refractivity contribution >= 4 is 5.78 Å². The van der Waals surface area contributed by atoms with Crippen LogP contribution >= 0.6 is 0 Å². The molecule has 0 N–H and O–H groups in total. The summed E-state index contributed by atoms with van der Waals surface area (Å²) in [6.45, 7) is 7.47. The zero-order valence-corrected chi connectivity index (χ0v) is 8.46. The van der Waals surface area contributed by atoms with E-state index >= 15 is 0 Å². The van der Waals surface area contributed by atoms with E-state index in [1.165, 1.54) is 0 Å². The van der Waals surface area contributed by atoms with E-state index in [9.17, 15) is 4.79 Å². The molecule has 1 aromatic rings. The maximum Gasteiger partial charge on any atom is 0.205 e. The molecular formula is C10H14N2O. The van der Waals surface area contributed by atoms with Gasteiger partial charge in [-0.2, -0.15) is 0 Å². The summed E-state index contributed by atoms with van der Waals surface area (Å²) >= 11 is 0. The van der Waals surface area contributed by atoms with Crippen molar-refractivity contribution in [3.8, 4) is 0 Å². The number of Topliss-reactive ketones (excluding diaryl/α,β-unsaturated/α-hetero) is 1. The lowest BCUT2D eigenvalue weighted by Gasteiger charge is -2.14. The smallest absolute Gasteiger partial charge is 0.205 e. The molecule has 0 atom stereocenters. The van der Waals surface area contributed by atoms with E-state index in [4.69, 9.17) is 0 Å². The first-order valence-corrected chi connectivity index (χ1v) is 4.25. The number of ketones is 1. The minimum Gasteiger partial charge on any atom is -0.290 e.